The van der Waals surface area contributed by atoms with E-state index < -0.39 is 29.5 Å². The number of nitrogen functional groups attached to an aromatic ring is 1. The Hall–Kier alpha value is -2.09. The lowest BCUT2D eigenvalue weighted by Crippen LogP contribution is -2.13. The van der Waals surface area contributed by atoms with Gasteiger partial charge in [-0.05, 0) is 31.9 Å². The van der Waals surface area contributed by atoms with Gasteiger partial charge in [0.2, 0.25) is 5.91 Å². The second-order valence-electron chi connectivity index (χ2n) is 5.21. The number of pyridine rings is 2. The molecular formula is C16H12Br2Cl2F2N4O5. The van der Waals surface area contributed by atoms with Crippen LogP contribution < -0.4 is 11.1 Å². The molecule has 0 saturated carbocycles. The molecule has 2 aromatic heterocycles. The molecule has 0 aromatic carbocycles. The maximum absolute atomic E-state index is 13.6. The van der Waals surface area contributed by atoms with Crippen LogP contribution in [0.5, 0.6) is 0 Å². The molecule has 0 bridgehead atoms. The van der Waals surface area contributed by atoms with Gasteiger partial charge in [-0.2, -0.15) is 0 Å². The lowest BCUT2D eigenvalue weighted by Gasteiger charge is -2.10. The Kier molecular flexibility index (Phi) is 10.0. The highest BCUT2D eigenvalue weighted by Gasteiger charge is 2.23. The van der Waals surface area contributed by atoms with Crippen molar-refractivity contribution in [3.8, 4) is 0 Å². The molecule has 0 radical (unpaired) electrons. The van der Waals surface area contributed by atoms with E-state index in [4.69, 9.17) is 28.9 Å². The summed E-state index contributed by atoms with van der Waals surface area (Å²) >= 11 is 17.0. The largest absolute Gasteiger partial charge is 0.464 e. The van der Waals surface area contributed by atoms with Gasteiger partial charge in [0.1, 0.15) is 19.9 Å². The number of methoxy groups -OCH3 is 2. The third-order valence-electron chi connectivity index (χ3n) is 3.17. The van der Waals surface area contributed by atoms with Crippen LogP contribution in [0.2, 0.25) is 10.0 Å². The number of ether oxygens (including phenoxy) is 2. The van der Waals surface area contributed by atoms with Crippen molar-refractivity contribution >= 4 is 84.3 Å². The Morgan fingerprint density at radius 3 is 1.77 bits per heavy atom. The molecule has 1 amide bonds. The Bertz CT molecular complexity index is 1060. The predicted octanol–water partition coefficient (Wildman–Crippen LogP) is 4.39. The van der Waals surface area contributed by atoms with Crippen molar-refractivity contribution < 1.29 is 32.6 Å². The zero-order valence-corrected chi connectivity index (χ0v) is 20.5. The minimum Gasteiger partial charge on any atom is -0.464 e. The van der Waals surface area contributed by atoms with Gasteiger partial charge in [-0.15, -0.1) is 0 Å². The molecular weight excluding hydrogens is 597 g/mol. The molecule has 0 aliphatic rings. The van der Waals surface area contributed by atoms with Gasteiger partial charge < -0.3 is 20.5 Å². The number of nitrogens with two attached hydrogens (primary N) is 1. The van der Waals surface area contributed by atoms with E-state index >= 15 is 0 Å². The van der Waals surface area contributed by atoms with E-state index in [9.17, 15) is 23.2 Å². The normalized spacial score (nSPS) is 9.97. The number of carbonyl (C=O) groups is 3. The second kappa shape index (κ2) is 11.5. The number of carbonyl (C=O) groups excluding carboxylic acids is 3. The second-order valence-corrected chi connectivity index (χ2v) is 7.47. The number of hydrogen-bond donors (Lipinski definition) is 2. The first kappa shape index (κ1) is 26.9. The van der Waals surface area contributed by atoms with Crippen LogP contribution in [0.25, 0.3) is 0 Å². The summed E-state index contributed by atoms with van der Waals surface area (Å²) in [5.41, 5.74) is 4.13. The highest BCUT2D eigenvalue weighted by molar-refractivity contribution is 9.10. The summed E-state index contributed by atoms with van der Waals surface area (Å²) in [5.74, 6) is -3.80. The number of esters is 2. The average Bonchev–Trinajstić information content (AvgIpc) is 2.73. The van der Waals surface area contributed by atoms with Gasteiger partial charge in [0, 0.05) is 6.92 Å². The summed E-state index contributed by atoms with van der Waals surface area (Å²) in [7, 11) is 2.30. The molecule has 2 aromatic rings. The van der Waals surface area contributed by atoms with Crippen molar-refractivity contribution in [2.75, 3.05) is 25.3 Å². The Labute approximate surface area is 200 Å². The molecule has 9 nitrogen and oxygen atoms in total. The zero-order chi connectivity index (χ0) is 24.0. The van der Waals surface area contributed by atoms with E-state index in [-0.39, 0.29) is 42.0 Å². The number of hydrogen-bond acceptors (Lipinski definition) is 8. The first-order chi connectivity index (χ1) is 14.4. The summed E-state index contributed by atoms with van der Waals surface area (Å²) < 4.78 is 35.1. The fourth-order valence-electron chi connectivity index (χ4n) is 1.80. The lowest BCUT2D eigenvalue weighted by molar-refractivity contribution is -0.114. The van der Waals surface area contributed by atoms with Gasteiger partial charge >= 0.3 is 11.9 Å². The molecule has 3 N–H and O–H groups in total. The van der Waals surface area contributed by atoms with Gasteiger partial charge in [-0.3, -0.25) is 4.79 Å². The molecule has 15 heteroatoms. The number of anilines is 2. The van der Waals surface area contributed by atoms with Crippen molar-refractivity contribution in [1.29, 1.82) is 0 Å². The third kappa shape index (κ3) is 6.45. The molecule has 0 spiro atoms. The van der Waals surface area contributed by atoms with Crippen LogP contribution in [-0.4, -0.2) is 42.0 Å². The van der Waals surface area contributed by atoms with Crippen molar-refractivity contribution in [3.05, 3.63) is 42.3 Å². The molecule has 168 valence electrons. The number of rotatable bonds is 3. The zero-order valence-electron chi connectivity index (χ0n) is 15.8. The van der Waals surface area contributed by atoms with E-state index in [1.54, 1.807) is 0 Å². The smallest absolute Gasteiger partial charge is 0.358 e. The maximum Gasteiger partial charge on any atom is 0.358 e. The maximum atomic E-state index is 13.6. The molecule has 2 heterocycles. The Balaban J connectivity index is 0.000000316. The average molecular weight is 609 g/mol. The number of nitrogens with zero attached hydrogens (tertiary/aromatic N) is 2. The predicted molar refractivity (Wildman–Crippen MR) is 115 cm³/mol. The summed E-state index contributed by atoms with van der Waals surface area (Å²) in [6, 6.07) is 0. The van der Waals surface area contributed by atoms with Crippen molar-refractivity contribution in [2.45, 2.75) is 6.92 Å². The van der Waals surface area contributed by atoms with Crippen LogP contribution in [0.4, 0.5) is 20.2 Å². The topological polar surface area (TPSA) is 134 Å². The van der Waals surface area contributed by atoms with Gasteiger partial charge in [0.05, 0.1) is 24.9 Å². The SMILES string of the molecule is COC(=O)c1nc(Br)c(F)c(N)c1Cl.COC(=O)c1nc(Br)c(F)c(NC(C)=O)c1Cl. The highest BCUT2D eigenvalue weighted by atomic mass is 79.9. The van der Waals surface area contributed by atoms with Gasteiger partial charge in [0.25, 0.3) is 0 Å². The molecule has 0 saturated heterocycles. The highest BCUT2D eigenvalue weighted by Crippen LogP contribution is 2.32. The minimum absolute atomic E-state index is 0.181. The molecule has 0 atom stereocenters. The van der Waals surface area contributed by atoms with Gasteiger partial charge in [0.15, 0.2) is 23.0 Å². The minimum atomic E-state index is -0.863. The van der Waals surface area contributed by atoms with Crippen molar-refractivity contribution in [1.82, 2.24) is 9.97 Å². The van der Waals surface area contributed by atoms with Crippen LogP contribution in [0.1, 0.15) is 27.9 Å². The van der Waals surface area contributed by atoms with Gasteiger partial charge in [-0.1, -0.05) is 23.2 Å². The molecule has 0 fully saturated rings. The Morgan fingerprint density at radius 1 is 0.935 bits per heavy atom. The molecule has 0 unspecified atom stereocenters. The molecule has 0 aliphatic carbocycles. The van der Waals surface area contributed by atoms with Gasteiger partial charge in [-0.25, -0.2) is 28.3 Å². The van der Waals surface area contributed by atoms with Crippen LogP contribution in [0.15, 0.2) is 9.21 Å². The lowest BCUT2D eigenvalue weighted by atomic mass is 10.3. The summed E-state index contributed by atoms with van der Waals surface area (Å²) in [6.45, 7) is 1.18. The first-order valence-corrected chi connectivity index (χ1v) is 10.00. The fourth-order valence-corrected chi connectivity index (χ4v) is 3.01. The number of halogens is 6. The number of amides is 1. The molecule has 0 aliphatic heterocycles. The fraction of sp³-hybridized carbons (Fsp3) is 0.188. The van der Waals surface area contributed by atoms with Crippen molar-refractivity contribution in [3.63, 3.8) is 0 Å². The summed E-state index contributed by atoms with van der Waals surface area (Å²) in [5, 5.41) is 1.61. The van der Waals surface area contributed by atoms with E-state index in [1.165, 1.54) is 6.92 Å². The number of aromatic nitrogens is 2. The third-order valence-corrected chi connectivity index (χ3v) is 4.97. The first-order valence-electron chi connectivity index (χ1n) is 7.65. The Morgan fingerprint density at radius 2 is 1.35 bits per heavy atom. The van der Waals surface area contributed by atoms with Crippen LogP contribution >= 0.6 is 55.1 Å². The van der Waals surface area contributed by atoms with E-state index in [0.29, 0.717) is 0 Å². The summed E-state index contributed by atoms with van der Waals surface area (Å²) in [6.07, 6.45) is 0. The monoisotopic (exact) mass is 606 g/mol. The van der Waals surface area contributed by atoms with E-state index in [2.05, 4.69) is 56.6 Å². The summed E-state index contributed by atoms with van der Waals surface area (Å²) in [4.78, 5) is 40.4. The quantitative estimate of drug-likeness (QED) is 0.387. The van der Waals surface area contributed by atoms with E-state index in [1.807, 2.05) is 0 Å². The van der Waals surface area contributed by atoms with E-state index in [0.717, 1.165) is 14.2 Å². The van der Waals surface area contributed by atoms with Crippen LogP contribution in [-0.2, 0) is 14.3 Å². The standard InChI is InChI=1S/C9H7BrClFN2O3.C7H5BrClFN2O2/c1-3(15)13-6-4(11)7(9(16)17-2)14-8(10)5(6)12;1-14-7(13)5-2(9)4(11)3(10)6(8)12-5/h1-2H3,(H,13,14,15);1H3,(H2,11,12). The molecule has 2 rings (SSSR count). The number of nitrogens with one attached hydrogen (secondary N) is 1. The van der Waals surface area contributed by atoms with Crippen LogP contribution in [0.3, 0.4) is 0 Å². The molecule has 31 heavy (non-hydrogen) atoms. The van der Waals surface area contributed by atoms with Crippen LogP contribution in [0, 0.1) is 11.6 Å². The van der Waals surface area contributed by atoms with Crippen molar-refractivity contribution in [2.24, 2.45) is 0 Å².